The predicted octanol–water partition coefficient (Wildman–Crippen LogP) is 22.0. The van der Waals surface area contributed by atoms with Gasteiger partial charge in [-0.25, -0.2) is 0 Å². The Morgan fingerprint density at radius 3 is 0.868 bits per heavy atom. The van der Waals surface area contributed by atoms with Crippen LogP contribution in [0.2, 0.25) is 0 Å². The van der Waals surface area contributed by atoms with Gasteiger partial charge in [0, 0.05) is 19.3 Å². The van der Waals surface area contributed by atoms with Crippen molar-refractivity contribution >= 4 is 17.9 Å². The number of hydrogen-bond acceptors (Lipinski definition) is 6. The summed E-state index contributed by atoms with van der Waals surface area (Å²) in [4.78, 5) is 38.3. The first-order valence-electron chi connectivity index (χ1n) is 32.2. The number of rotatable bonds is 58. The van der Waals surface area contributed by atoms with Crippen LogP contribution in [-0.4, -0.2) is 37.2 Å². The summed E-state index contributed by atoms with van der Waals surface area (Å²) < 4.78 is 16.9. The molecule has 6 heteroatoms. The highest BCUT2D eigenvalue weighted by molar-refractivity contribution is 5.71. The maximum atomic E-state index is 12.9. The van der Waals surface area contributed by atoms with Crippen LogP contribution in [0, 0.1) is 0 Å². The van der Waals surface area contributed by atoms with Crippen molar-refractivity contribution in [1.29, 1.82) is 0 Å². The van der Waals surface area contributed by atoms with E-state index in [0.717, 1.165) is 103 Å². The van der Waals surface area contributed by atoms with Gasteiger partial charge in [0.05, 0.1) is 0 Å². The van der Waals surface area contributed by atoms with Crippen LogP contribution in [0.15, 0.2) is 97.2 Å². The van der Waals surface area contributed by atoms with Gasteiger partial charge >= 0.3 is 17.9 Å². The maximum absolute atomic E-state index is 12.9. The summed E-state index contributed by atoms with van der Waals surface area (Å²) in [6.07, 6.45) is 85.7. The topological polar surface area (TPSA) is 78.9 Å². The third kappa shape index (κ3) is 61.2. The molecule has 0 radical (unpaired) electrons. The van der Waals surface area contributed by atoms with Gasteiger partial charge in [-0.05, 0) is 116 Å². The highest BCUT2D eigenvalue weighted by Gasteiger charge is 2.19. The lowest BCUT2D eigenvalue weighted by Crippen LogP contribution is -2.30. The molecule has 0 aliphatic carbocycles. The molecule has 0 saturated carbocycles. The van der Waals surface area contributed by atoms with Gasteiger partial charge in [0.15, 0.2) is 6.10 Å². The fourth-order valence-corrected chi connectivity index (χ4v) is 8.98. The number of carbonyl (C=O) groups excluding carboxylic acids is 3. The highest BCUT2D eigenvalue weighted by atomic mass is 16.6. The van der Waals surface area contributed by atoms with Gasteiger partial charge in [0.1, 0.15) is 13.2 Å². The van der Waals surface area contributed by atoms with E-state index in [1.54, 1.807) is 0 Å². The fourth-order valence-electron chi connectivity index (χ4n) is 8.98. The van der Waals surface area contributed by atoms with Crippen molar-refractivity contribution in [3.8, 4) is 0 Å². The fraction of sp³-hybridized carbons (Fsp3) is 0.729. The number of hydrogen-bond donors (Lipinski definition) is 0. The minimum Gasteiger partial charge on any atom is -0.462 e. The molecule has 0 heterocycles. The van der Waals surface area contributed by atoms with Crippen LogP contribution in [0.3, 0.4) is 0 Å². The van der Waals surface area contributed by atoms with Gasteiger partial charge in [-0.3, -0.25) is 14.4 Å². The van der Waals surface area contributed by atoms with Gasteiger partial charge in [-0.2, -0.15) is 0 Å². The normalized spacial score (nSPS) is 12.7. The molecule has 0 N–H and O–H groups in total. The van der Waals surface area contributed by atoms with Crippen LogP contribution >= 0.6 is 0 Å². The Hall–Kier alpha value is -3.67. The Morgan fingerprint density at radius 2 is 0.526 bits per heavy atom. The van der Waals surface area contributed by atoms with E-state index in [9.17, 15) is 14.4 Å². The molecule has 0 aliphatic heterocycles. The zero-order valence-corrected chi connectivity index (χ0v) is 50.0. The van der Waals surface area contributed by atoms with Gasteiger partial charge in [-0.1, -0.05) is 272 Å². The molecule has 0 aromatic carbocycles. The standard InChI is InChI=1S/C70H120O6/c1-4-7-10-13-16-19-22-25-28-31-32-33-34-35-36-37-38-40-42-45-48-51-54-57-60-63-69(72)75-66-67(65-74-68(71)62-59-56-53-50-47-44-41-30-27-24-21-18-15-12-9-6-3)76-70(73)64-61-58-55-52-49-46-43-39-29-26-23-20-17-14-11-8-5-2/h8,11,17,20-21,24,26,29-32,41,43,46,52,55,67H,4-7,9-10,12-16,18-19,22-23,25,27-28,33-40,42,44-45,47-51,53-54,56-66H2,1-3H3/b11-8-,20-17-,24-21-,29-26-,32-31-,41-30-,46-43-,55-52-. The Labute approximate surface area is 470 Å². The van der Waals surface area contributed by atoms with Crippen LogP contribution in [0.25, 0.3) is 0 Å². The molecule has 436 valence electrons. The van der Waals surface area contributed by atoms with E-state index in [2.05, 4.69) is 118 Å². The summed E-state index contributed by atoms with van der Waals surface area (Å²) >= 11 is 0. The van der Waals surface area contributed by atoms with Gasteiger partial charge < -0.3 is 14.2 Å². The van der Waals surface area contributed by atoms with Gasteiger partial charge in [0.25, 0.3) is 0 Å². The molecular weight excluding hydrogens is 937 g/mol. The minimum atomic E-state index is -0.815. The van der Waals surface area contributed by atoms with Gasteiger partial charge in [0.2, 0.25) is 0 Å². The van der Waals surface area contributed by atoms with E-state index < -0.39 is 6.10 Å². The van der Waals surface area contributed by atoms with Crippen molar-refractivity contribution in [2.75, 3.05) is 13.2 Å². The number of unbranched alkanes of at least 4 members (excludes halogenated alkanes) is 31. The van der Waals surface area contributed by atoms with E-state index >= 15 is 0 Å². The molecule has 0 aromatic rings. The minimum absolute atomic E-state index is 0.104. The average molecular weight is 1060 g/mol. The second kappa shape index (κ2) is 63.9. The zero-order valence-electron chi connectivity index (χ0n) is 50.0. The molecule has 1 atom stereocenters. The molecule has 0 spiro atoms. The molecule has 0 fully saturated rings. The third-order valence-electron chi connectivity index (χ3n) is 13.8. The molecule has 1 unspecified atom stereocenters. The average Bonchev–Trinajstić information content (AvgIpc) is 3.42. The molecular formula is C70H120O6. The Bertz CT molecular complexity index is 1490. The zero-order chi connectivity index (χ0) is 55.0. The van der Waals surface area contributed by atoms with Crippen LogP contribution in [0.4, 0.5) is 0 Å². The van der Waals surface area contributed by atoms with Crippen molar-refractivity contribution in [3.63, 3.8) is 0 Å². The number of allylic oxidation sites excluding steroid dienone is 16. The van der Waals surface area contributed by atoms with Crippen molar-refractivity contribution in [3.05, 3.63) is 97.2 Å². The molecule has 76 heavy (non-hydrogen) atoms. The van der Waals surface area contributed by atoms with Crippen molar-refractivity contribution in [1.82, 2.24) is 0 Å². The first-order chi connectivity index (χ1) is 37.5. The summed E-state index contributed by atoms with van der Waals surface area (Å²) in [5, 5.41) is 0. The summed E-state index contributed by atoms with van der Waals surface area (Å²) in [5.74, 6) is -0.968. The largest absolute Gasteiger partial charge is 0.462 e. The summed E-state index contributed by atoms with van der Waals surface area (Å²) in [5.41, 5.74) is 0. The van der Waals surface area contributed by atoms with E-state index in [1.807, 2.05) is 0 Å². The molecule has 0 saturated heterocycles. The Kier molecular flexibility index (Phi) is 60.8. The first kappa shape index (κ1) is 72.3. The smallest absolute Gasteiger partial charge is 0.306 e. The number of esters is 3. The van der Waals surface area contributed by atoms with E-state index in [1.165, 1.54) is 161 Å². The van der Waals surface area contributed by atoms with Crippen LogP contribution in [0.1, 0.15) is 310 Å². The Balaban J connectivity index is 4.39. The van der Waals surface area contributed by atoms with E-state index in [-0.39, 0.29) is 37.5 Å². The first-order valence-corrected chi connectivity index (χ1v) is 32.2. The molecule has 6 nitrogen and oxygen atoms in total. The maximum Gasteiger partial charge on any atom is 0.306 e. The van der Waals surface area contributed by atoms with E-state index in [0.29, 0.717) is 19.3 Å². The van der Waals surface area contributed by atoms with Crippen LogP contribution in [-0.2, 0) is 28.6 Å². The molecule has 0 rings (SSSR count). The predicted molar refractivity (Wildman–Crippen MR) is 330 cm³/mol. The molecule has 0 bridgehead atoms. The van der Waals surface area contributed by atoms with Gasteiger partial charge in [-0.15, -0.1) is 0 Å². The summed E-state index contributed by atoms with van der Waals surface area (Å²) in [6, 6.07) is 0. The lowest BCUT2D eigenvalue weighted by Gasteiger charge is -2.18. The van der Waals surface area contributed by atoms with Crippen LogP contribution < -0.4 is 0 Å². The second-order valence-corrected chi connectivity index (χ2v) is 21.3. The SMILES string of the molecule is CC/C=C\C/C=C\C/C=C\C/C=C\C/C=C\CCCC(=O)OC(COC(=O)CCCCCCC/C=C\C/C=C\CCCCCC)COC(=O)CCCCCCCCCCCCCCC/C=C\CCCCCCCCCC. The summed E-state index contributed by atoms with van der Waals surface area (Å²) in [7, 11) is 0. The monoisotopic (exact) mass is 1060 g/mol. The molecule has 0 aromatic heterocycles. The van der Waals surface area contributed by atoms with Crippen molar-refractivity contribution < 1.29 is 28.6 Å². The lowest BCUT2D eigenvalue weighted by molar-refractivity contribution is -0.167. The van der Waals surface area contributed by atoms with E-state index in [4.69, 9.17) is 14.2 Å². The van der Waals surface area contributed by atoms with Crippen LogP contribution in [0.5, 0.6) is 0 Å². The molecule has 0 aliphatic rings. The number of ether oxygens (including phenoxy) is 3. The van der Waals surface area contributed by atoms with Crippen molar-refractivity contribution in [2.24, 2.45) is 0 Å². The second-order valence-electron chi connectivity index (χ2n) is 21.3. The highest BCUT2D eigenvalue weighted by Crippen LogP contribution is 2.16. The quantitative estimate of drug-likeness (QED) is 0.0261. The Morgan fingerprint density at radius 1 is 0.276 bits per heavy atom. The third-order valence-corrected chi connectivity index (χ3v) is 13.8. The number of carbonyl (C=O) groups is 3. The molecule has 0 amide bonds. The van der Waals surface area contributed by atoms with Crippen molar-refractivity contribution in [2.45, 2.75) is 316 Å². The summed E-state index contributed by atoms with van der Waals surface area (Å²) in [6.45, 7) is 6.48. The lowest BCUT2D eigenvalue weighted by atomic mass is 10.0.